The predicted octanol–water partition coefficient (Wildman–Crippen LogP) is 1.77. The fourth-order valence-corrected chi connectivity index (χ4v) is 2.53. The summed E-state index contributed by atoms with van der Waals surface area (Å²) in [6, 6.07) is 0. The van der Waals surface area contributed by atoms with Crippen molar-refractivity contribution in [2.24, 2.45) is 0 Å². The van der Waals surface area contributed by atoms with Crippen molar-refractivity contribution in [1.82, 2.24) is 9.80 Å². The van der Waals surface area contributed by atoms with E-state index in [1.54, 1.807) is 0 Å². The van der Waals surface area contributed by atoms with Crippen LogP contribution in [0.3, 0.4) is 0 Å². The first-order valence-electron chi connectivity index (χ1n) is 6.61. The number of halogens is 3. The smallest absolute Gasteiger partial charge is 0.449 e. The Hall–Kier alpha value is -1.47. The van der Waals surface area contributed by atoms with Gasteiger partial charge in [-0.3, -0.25) is 4.79 Å². The van der Waals surface area contributed by atoms with E-state index in [1.165, 1.54) is 4.90 Å². The third-order valence-corrected chi connectivity index (χ3v) is 3.81. The molecule has 0 atom stereocenters. The molecule has 0 aromatic heterocycles. The minimum Gasteiger partial charge on any atom is -0.449 e. The lowest BCUT2D eigenvalue weighted by Gasteiger charge is -2.61. The molecule has 2 rings (SSSR count). The first-order chi connectivity index (χ1) is 9.30. The molecule has 2 saturated heterocycles. The quantitative estimate of drug-likeness (QED) is 0.745. The molecule has 8 heteroatoms. The van der Waals surface area contributed by atoms with Crippen LogP contribution in [0.4, 0.5) is 18.0 Å². The van der Waals surface area contributed by atoms with Crippen molar-refractivity contribution in [3.8, 4) is 0 Å². The molecule has 0 saturated carbocycles. The van der Waals surface area contributed by atoms with Crippen molar-refractivity contribution in [3.63, 3.8) is 0 Å². The second kappa shape index (κ2) is 5.14. The largest absolute Gasteiger partial charge is 0.471 e. The van der Waals surface area contributed by atoms with E-state index in [9.17, 15) is 22.8 Å². The zero-order valence-electron chi connectivity index (χ0n) is 11.2. The summed E-state index contributed by atoms with van der Waals surface area (Å²) in [4.78, 5) is 24.9. The summed E-state index contributed by atoms with van der Waals surface area (Å²) >= 11 is 0. The van der Waals surface area contributed by atoms with Crippen LogP contribution < -0.4 is 0 Å². The van der Waals surface area contributed by atoms with E-state index >= 15 is 0 Å². The number of hydrogen-bond acceptors (Lipinski definition) is 3. The summed E-state index contributed by atoms with van der Waals surface area (Å²) < 4.78 is 42.1. The highest BCUT2D eigenvalue weighted by molar-refractivity contribution is 5.84. The summed E-state index contributed by atoms with van der Waals surface area (Å²) in [6.07, 6.45) is -3.23. The molecule has 0 radical (unpaired) electrons. The van der Waals surface area contributed by atoms with Gasteiger partial charge in [-0.25, -0.2) is 4.79 Å². The van der Waals surface area contributed by atoms with E-state index in [1.807, 2.05) is 6.92 Å². The Labute approximate surface area is 114 Å². The highest BCUT2D eigenvalue weighted by Gasteiger charge is 2.61. The van der Waals surface area contributed by atoms with Gasteiger partial charge in [-0.1, -0.05) is 13.3 Å². The molecule has 0 aliphatic carbocycles. The second-order valence-corrected chi connectivity index (χ2v) is 5.25. The van der Waals surface area contributed by atoms with Gasteiger partial charge in [0.1, 0.15) is 0 Å². The molecule has 114 valence electrons. The average Bonchev–Trinajstić information content (AvgIpc) is 2.25. The minimum absolute atomic E-state index is 0.0943. The standard InChI is InChI=1S/C12H17F3N2O3/c1-2-3-6-20-10(19)16-7-11(8-16)4-5-17(11)9(18)12(13,14)15/h2-8H2,1H3. The van der Waals surface area contributed by atoms with Gasteiger partial charge >= 0.3 is 18.2 Å². The normalized spacial score (nSPS) is 20.4. The van der Waals surface area contributed by atoms with Crippen LogP contribution in [-0.2, 0) is 9.53 Å². The Balaban J connectivity index is 1.83. The number of rotatable bonds is 3. The number of likely N-dealkylation sites (tertiary alicyclic amines) is 2. The fraction of sp³-hybridized carbons (Fsp3) is 0.833. The van der Waals surface area contributed by atoms with Gasteiger partial charge in [0.15, 0.2) is 0 Å². The van der Waals surface area contributed by atoms with Crippen LogP contribution >= 0.6 is 0 Å². The summed E-state index contributed by atoms with van der Waals surface area (Å²) in [5.41, 5.74) is -0.823. The van der Waals surface area contributed by atoms with E-state index in [2.05, 4.69) is 0 Å². The average molecular weight is 294 g/mol. The molecule has 2 amide bonds. The molecule has 1 spiro atoms. The maximum atomic E-state index is 12.4. The summed E-state index contributed by atoms with van der Waals surface area (Å²) in [7, 11) is 0. The molecule has 0 aromatic rings. The number of carbonyl (C=O) groups excluding carboxylic acids is 2. The van der Waals surface area contributed by atoms with Crippen molar-refractivity contribution < 1.29 is 27.5 Å². The Morgan fingerprint density at radius 1 is 1.30 bits per heavy atom. The molecule has 2 aliphatic heterocycles. The Morgan fingerprint density at radius 3 is 2.40 bits per heavy atom. The number of ether oxygens (including phenoxy) is 1. The van der Waals surface area contributed by atoms with Crippen molar-refractivity contribution in [2.45, 2.75) is 37.9 Å². The molecular weight excluding hydrogens is 277 g/mol. The SMILES string of the molecule is CCCCOC(=O)N1CC2(CCN2C(=O)C(F)(F)F)C1. The Morgan fingerprint density at radius 2 is 1.95 bits per heavy atom. The maximum Gasteiger partial charge on any atom is 0.471 e. The molecule has 0 unspecified atom stereocenters. The van der Waals surface area contributed by atoms with E-state index in [0.29, 0.717) is 13.0 Å². The van der Waals surface area contributed by atoms with Crippen LogP contribution in [0.15, 0.2) is 0 Å². The van der Waals surface area contributed by atoms with Crippen LogP contribution in [-0.4, -0.2) is 59.8 Å². The van der Waals surface area contributed by atoms with Gasteiger partial charge in [-0.15, -0.1) is 0 Å². The van der Waals surface area contributed by atoms with Crippen molar-refractivity contribution >= 4 is 12.0 Å². The minimum atomic E-state index is -4.85. The van der Waals surface area contributed by atoms with E-state index in [-0.39, 0.29) is 19.6 Å². The van der Waals surface area contributed by atoms with Gasteiger partial charge in [0, 0.05) is 19.6 Å². The fourth-order valence-electron chi connectivity index (χ4n) is 2.53. The van der Waals surface area contributed by atoms with E-state index < -0.39 is 23.7 Å². The highest BCUT2D eigenvalue weighted by atomic mass is 19.4. The van der Waals surface area contributed by atoms with Gasteiger partial charge in [0.05, 0.1) is 12.1 Å². The van der Waals surface area contributed by atoms with E-state index in [0.717, 1.165) is 17.7 Å². The predicted molar refractivity (Wildman–Crippen MR) is 62.9 cm³/mol. The second-order valence-electron chi connectivity index (χ2n) is 5.25. The topological polar surface area (TPSA) is 49.9 Å². The number of unbranched alkanes of at least 4 members (excludes halogenated alkanes) is 1. The Kier molecular flexibility index (Phi) is 3.84. The number of carbonyl (C=O) groups is 2. The first kappa shape index (κ1) is 14.9. The number of hydrogen-bond donors (Lipinski definition) is 0. The van der Waals surface area contributed by atoms with Crippen LogP contribution in [0.25, 0.3) is 0 Å². The molecule has 2 aliphatic rings. The lowest BCUT2D eigenvalue weighted by atomic mass is 9.77. The van der Waals surface area contributed by atoms with Crippen LogP contribution in [0, 0.1) is 0 Å². The Bertz CT molecular complexity index is 405. The van der Waals surface area contributed by atoms with Crippen molar-refractivity contribution in [1.29, 1.82) is 0 Å². The lowest BCUT2D eigenvalue weighted by molar-refractivity contribution is -0.210. The van der Waals surface area contributed by atoms with Crippen LogP contribution in [0.1, 0.15) is 26.2 Å². The van der Waals surface area contributed by atoms with E-state index in [4.69, 9.17) is 4.74 Å². The lowest BCUT2D eigenvalue weighted by Crippen LogP contribution is -2.79. The van der Waals surface area contributed by atoms with Crippen LogP contribution in [0.5, 0.6) is 0 Å². The molecule has 5 nitrogen and oxygen atoms in total. The van der Waals surface area contributed by atoms with Gasteiger partial charge in [0.25, 0.3) is 0 Å². The summed E-state index contributed by atoms with van der Waals surface area (Å²) in [6.45, 7) is 2.61. The maximum absolute atomic E-state index is 12.4. The summed E-state index contributed by atoms with van der Waals surface area (Å²) in [5, 5.41) is 0. The molecular formula is C12H17F3N2O3. The van der Waals surface area contributed by atoms with Gasteiger partial charge in [-0.05, 0) is 12.8 Å². The number of amides is 2. The van der Waals surface area contributed by atoms with Crippen molar-refractivity contribution in [2.75, 3.05) is 26.2 Å². The third kappa shape index (κ3) is 2.55. The molecule has 0 aromatic carbocycles. The van der Waals surface area contributed by atoms with Gasteiger partial charge in [0.2, 0.25) is 0 Å². The third-order valence-electron chi connectivity index (χ3n) is 3.81. The monoisotopic (exact) mass is 294 g/mol. The van der Waals surface area contributed by atoms with Crippen LogP contribution in [0.2, 0.25) is 0 Å². The molecule has 2 fully saturated rings. The van der Waals surface area contributed by atoms with Gasteiger partial charge < -0.3 is 14.5 Å². The number of nitrogens with zero attached hydrogens (tertiary/aromatic N) is 2. The zero-order chi connectivity index (χ0) is 15.0. The number of alkyl halides is 3. The molecule has 20 heavy (non-hydrogen) atoms. The first-order valence-corrected chi connectivity index (χ1v) is 6.61. The molecule has 2 heterocycles. The molecule has 0 bridgehead atoms. The highest BCUT2D eigenvalue weighted by Crippen LogP contribution is 2.41. The zero-order valence-corrected chi connectivity index (χ0v) is 11.2. The summed E-state index contributed by atoms with van der Waals surface area (Å²) in [5.74, 6) is -1.82. The van der Waals surface area contributed by atoms with Crippen molar-refractivity contribution in [3.05, 3.63) is 0 Å². The van der Waals surface area contributed by atoms with Gasteiger partial charge in [-0.2, -0.15) is 13.2 Å². The molecule has 0 N–H and O–H groups in total.